The van der Waals surface area contributed by atoms with Gasteiger partial charge in [0.2, 0.25) is 0 Å². The number of aryl methyl sites for hydroxylation is 1. The van der Waals surface area contributed by atoms with Crippen molar-refractivity contribution in [3.05, 3.63) is 35.7 Å². The molecule has 0 aliphatic carbocycles. The van der Waals surface area contributed by atoms with E-state index in [2.05, 4.69) is 5.10 Å². The Hall–Kier alpha value is -1.84. The van der Waals surface area contributed by atoms with Crippen LogP contribution >= 0.6 is 0 Å². The first kappa shape index (κ1) is 9.71. The minimum absolute atomic E-state index is 0.293. The predicted molar refractivity (Wildman–Crippen MR) is 55.9 cm³/mol. The number of pyridine rings is 1. The lowest BCUT2D eigenvalue weighted by atomic mass is 10.2. The molecule has 0 fully saturated rings. The van der Waals surface area contributed by atoms with E-state index in [9.17, 15) is 4.79 Å². The molecule has 0 aliphatic heterocycles. The summed E-state index contributed by atoms with van der Waals surface area (Å²) in [6.45, 7) is 4.10. The monoisotopic (exact) mass is 204 g/mol. The van der Waals surface area contributed by atoms with E-state index in [0.29, 0.717) is 12.2 Å². The Morgan fingerprint density at radius 1 is 1.53 bits per heavy atom. The Balaban J connectivity index is 2.41. The molecule has 0 radical (unpaired) electrons. The summed E-state index contributed by atoms with van der Waals surface area (Å²) in [4.78, 5) is 11.4. The van der Waals surface area contributed by atoms with Gasteiger partial charge >= 0.3 is 5.97 Å². The predicted octanol–water partition coefficient (Wildman–Crippen LogP) is 1.82. The van der Waals surface area contributed by atoms with E-state index in [1.54, 1.807) is 29.8 Å². The number of esters is 1. The summed E-state index contributed by atoms with van der Waals surface area (Å²) in [5.41, 5.74) is 2.39. The zero-order chi connectivity index (χ0) is 10.8. The minimum atomic E-state index is -0.293. The van der Waals surface area contributed by atoms with Crippen molar-refractivity contribution in [3.8, 4) is 0 Å². The lowest BCUT2D eigenvalue weighted by Crippen LogP contribution is -2.05. The first-order valence-corrected chi connectivity index (χ1v) is 4.84. The maximum atomic E-state index is 11.4. The lowest BCUT2D eigenvalue weighted by Gasteiger charge is -2.01. The summed E-state index contributed by atoms with van der Waals surface area (Å²) >= 11 is 0. The van der Waals surface area contributed by atoms with Gasteiger partial charge in [-0.15, -0.1) is 0 Å². The molecule has 2 aromatic heterocycles. The Kier molecular flexibility index (Phi) is 2.41. The maximum absolute atomic E-state index is 11.4. The van der Waals surface area contributed by atoms with Crippen LogP contribution in [0.15, 0.2) is 24.4 Å². The second-order valence-corrected chi connectivity index (χ2v) is 3.29. The van der Waals surface area contributed by atoms with Gasteiger partial charge in [0.05, 0.1) is 23.4 Å². The van der Waals surface area contributed by atoms with Gasteiger partial charge in [-0.3, -0.25) is 0 Å². The van der Waals surface area contributed by atoms with Gasteiger partial charge in [0.25, 0.3) is 0 Å². The first-order chi connectivity index (χ1) is 7.20. The van der Waals surface area contributed by atoms with Crippen LogP contribution in [0.2, 0.25) is 0 Å². The molecule has 2 heterocycles. The molecule has 2 rings (SSSR count). The Labute approximate surface area is 87.5 Å². The van der Waals surface area contributed by atoms with E-state index >= 15 is 0 Å². The van der Waals surface area contributed by atoms with E-state index in [4.69, 9.17) is 4.74 Å². The molecular formula is C11H12N2O2. The molecule has 0 bridgehead atoms. The van der Waals surface area contributed by atoms with E-state index in [-0.39, 0.29) is 5.97 Å². The molecule has 0 saturated carbocycles. The molecule has 78 valence electrons. The molecule has 0 unspecified atom stereocenters. The highest BCUT2D eigenvalue weighted by Gasteiger charge is 2.07. The minimum Gasteiger partial charge on any atom is -0.462 e. The van der Waals surface area contributed by atoms with Crippen LogP contribution in [-0.2, 0) is 4.74 Å². The van der Waals surface area contributed by atoms with Crippen molar-refractivity contribution in [1.29, 1.82) is 0 Å². The van der Waals surface area contributed by atoms with Gasteiger partial charge in [-0.05, 0) is 32.0 Å². The number of carbonyl (C=O) groups is 1. The van der Waals surface area contributed by atoms with Gasteiger partial charge in [-0.25, -0.2) is 9.31 Å². The fraction of sp³-hybridized carbons (Fsp3) is 0.273. The molecule has 4 heteroatoms. The molecule has 0 aliphatic rings. The van der Waals surface area contributed by atoms with E-state index in [1.807, 2.05) is 13.0 Å². The average Bonchev–Trinajstić information content (AvgIpc) is 2.57. The van der Waals surface area contributed by atoms with Gasteiger partial charge in [0.1, 0.15) is 0 Å². The van der Waals surface area contributed by atoms with Crippen LogP contribution in [0.1, 0.15) is 23.0 Å². The van der Waals surface area contributed by atoms with Gasteiger partial charge in [0, 0.05) is 6.20 Å². The van der Waals surface area contributed by atoms with Crippen LogP contribution in [-0.4, -0.2) is 22.2 Å². The number of carbonyl (C=O) groups excluding carboxylic acids is 1. The van der Waals surface area contributed by atoms with Gasteiger partial charge in [0.15, 0.2) is 0 Å². The van der Waals surface area contributed by atoms with Gasteiger partial charge in [-0.1, -0.05) is 0 Å². The molecule has 0 saturated heterocycles. The van der Waals surface area contributed by atoms with Crippen molar-refractivity contribution in [1.82, 2.24) is 9.61 Å². The highest BCUT2D eigenvalue weighted by molar-refractivity contribution is 5.90. The fourth-order valence-corrected chi connectivity index (χ4v) is 1.46. The number of nitrogens with zero attached hydrogens (tertiary/aromatic N) is 2. The van der Waals surface area contributed by atoms with Crippen molar-refractivity contribution < 1.29 is 9.53 Å². The average molecular weight is 204 g/mol. The van der Waals surface area contributed by atoms with Crippen LogP contribution in [0.25, 0.3) is 5.52 Å². The zero-order valence-electron chi connectivity index (χ0n) is 8.73. The fourth-order valence-electron chi connectivity index (χ4n) is 1.46. The zero-order valence-corrected chi connectivity index (χ0v) is 8.73. The van der Waals surface area contributed by atoms with Gasteiger partial charge < -0.3 is 4.74 Å². The third-order valence-electron chi connectivity index (χ3n) is 2.10. The standard InChI is InChI=1S/C11H12N2O2/c1-3-15-11(14)9-4-5-13-10(7-9)6-8(2)12-13/h4-7H,3H2,1-2H3. The molecule has 0 aromatic carbocycles. The van der Waals surface area contributed by atoms with Crippen LogP contribution in [0.4, 0.5) is 0 Å². The number of hydrogen-bond donors (Lipinski definition) is 0. The second kappa shape index (κ2) is 3.73. The number of fused-ring (bicyclic) bond motifs is 1. The quantitative estimate of drug-likeness (QED) is 0.701. The van der Waals surface area contributed by atoms with Crippen LogP contribution < -0.4 is 0 Å². The first-order valence-electron chi connectivity index (χ1n) is 4.84. The molecule has 4 nitrogen and oxygen atoms in total. The molecular weight excluding hydrogens is 192 g/mol. The summed E-state index contributed by atoms with van der Waals surface area (Å²) in [6, 6.07) is 5.40. The molecule has 0 atom stereocenters. The summed E-state index contributed by atoms with van der Waals surface area (Å²) < 4.78 is 6.65. The Bertz CT molecular complexity index is 502. The summed E-state index contributed by atoms with van der Waals surface area (Å²) in [5, 5.41) is 4.22. The number of ether oxygens (including phenoxy) is 1. The summed E-state index contributed by atoms with van der Waals surface area (Å²) in [5.74, 6) is -0.293. The second-order valence-electron chi connectivity index (χ2n) is 3.29. The number of hydrogen-bond acceptors (Lipinski definition) is 3. The largest absolute Gasteiger partial charge is 0.462 e. The van der Waals surface area contributed by atoms with Crippen molar-refractivity contribution in [3.63, 3.8) is 0 Å². The number of rotatable bonds is 2. The molecule has 0 N–H and O–H groups in total. The topological polar surface area (TPSA) is 43.6 Å². The van der Waals surface area contributed by atoms with Crippen LogP contribution in [0, 0.1) is 6.92 Å². The summed E-state index contributed by atoms with van der Waals surface area (Å²) in [6.07, 6.45) is 1.76. The SMILES string of the molecule is CCOC(=O)c1ccn2nc(C)cc2c1. The van der Waals surface area contributed by atoms with Crippen molar-refractivity contribution in [2.45, 2.75) is 13.8 Å². The van der Waals surface area contributed by atoms with E-state index < -0.39 is 0 Å². The third kappa shape index (κ3) is 1.83. The lowest BCUT2D eigenvalue weighted by molar-refractivity contribution is 0.0526. The van der Waals surface area contributed by atoms with Crippen molar-refractivity contribution in [2.24, 2.45) is 0 Å². The molecule has 2 aromatic rings. The highest BCUT2D eigenvalue weighted by atomic mass is 16.5. The molecule has 0 amide bonds. The normalized spacial score (nSPS) is 10.5. The van der Waals surface area contributed by atoms with Crippen LogP contribution in [0.3, 0.4) is 0 Å². The van der Waals surface area contributed by atoms with E-state index in [0.717, 1.165) is 11.2 Å². The Morgan fingerprint density at radius 3 is 3.07 bits per heavy atom. The number of aromatic nitrogens is 2. The maximum Gasteiger partial charge on any atom is 0.338 e. The van der Waals surface area contributed by atoms with Crippen LogP contribution in [0.5, 0.6) is 0 Å². The summed E-state index contributed by atoms with van der Waals surface area (Å²) in [7, 11) is 0. The molecule has 15 heavy (non-hydrogen) atoms. The Morgan fingerprint density at radius 2 is 2.33 bits per heavy atom. The molecule has 0 spiro atoms. The van der Waals surface area contributed by atoms with Gasteiger partial charge in [-0.2, -0.15) is 5.10 Å². The van der Waals surface area contributed by atoms with Crippen molar-refractivity contribution in [2.75, 3.05) is 6.61 Å². The third-order valence-corrected chi connectivity index (χ3v) is 2.10. The van der Waals surface area contributed by atoms with E-state index in [1.165, 1.54) is 0 Å². The van der Waals surface area contributed by atoms with Crippen molar-refractivity contribution >= 4 is 11.5 Å². The smallest absolute Gasteiger partial charge is 0.338 e. The highest BCUT2D eigenvalue weighted by Crippen LogP contribution is 2.09.